The van der Waals surface area contributed by atoms with Gasteiger partial charge in [0.05, 0.1) is 0 Å². The van der Waals surface area contributed by atoms with Crippen LogP contribution < -0.4 is 5.32 Å². The fourth-order valence-electron chi connectivity index (χ4n) is 1.40. The lowest BCUT2D eigenvalue weighted by Gasteiger charge is -2.21. The van der Waals surface area contributed by atoms with Crippen molar-refractivity contribution in [3.05, 3.63) is 0 Å². The summed E-state index contributed by atoms with van der Waals surface area (Å²) in [5, 5.41) is 3.63. The second-order valence-corrected chi connectivity index (χ2v) is 3.84. The Hall–Kier alpha value is -0.0200. The number of rotatable bonds is 2. The summed E-state index contributed by atoms with van der Waals surface area (Å²) < 4.78 is 0. The molecule has 0 aromatic rings. The van der Waals surface area contributed by atoms with Gasteiger partial charge in [-0.3, -0.25) is 4.79 Å². The Morgan fingerprint density at radius 2 is 2.18 bits per heavy atom. The molecule has 1 rings (SSSR count). The predicted octanol–water partition coefficient (Wildman–Crippen LogP) is 1.27. The van der Waals surface area contributed by atoms with Crippen molar-refractivity contribution in [3.63, 3.8) is 0 Å². The Balaban J connectivity index is 2.19. The van der Waals surface area contributed by atoms with Gasteiger partial charge in [0.15, 0.2) is 5.12 Å². The van der Waals surface area contributed by atoms with Crippen molar-refractivity contribution in [1.29, 1.82) is 0 Å². The van der Waals surface area contributed by atoms with E-state index >= 15 is 0 Å². The SMILES string of the molecule is CSC(=O)CC1CCNCC1. The zero-order chi connectivity index (χ0) is 8.10. The lowest BCUT2D eigenvalue weighted by Crippen LogP contribution is -2.28. The highest BCUT2D eigenvalue weighted by atomic mass is 32.2. The molecule has 0 unspecified atom stereocenters. The number of carbonyl (C=O) groups excluding carboxylic acids is 1. The van der Waals surface area contributed by atoms with E-state index in [1.54, 1.807) is 0 Å². The number of carbonyl (C=O) groups is 1. The van der Waals surface area contributed by atoms with E-state index in [0.717, 1.165) is 19.5 Å². The molecule has 1 aliphatic heterocycles. The molecule has 0 amide bonds. The molecule has 3 heteroatoms. The van der Waals surface area contributed by atoms with Crippen molar-refractivity contribution < 1.29 is 4.79 Å². The number of nitrogens with one attached hydrogen (secondary N) is 1. The quantitative estimate of drug-likeness (QED) is 0.681. The van der Waals surface area contributed by atoms with E-state index in [1.807, 2.05) is 6.26 Å². The molecule has 1 saturated heterocycles. The first kappa shape index (κ1) is 9.07. The molecule has 0 aromatic heterocycles. The van der Waals surface area contributed by atoms with E-state index in [1.165, 1.54) is 24.6 Å². The first-order valence-corrected chi connectivity index (χ1v) is 5.33. The topological polar surface area (TPSA) is 29.1 Å². The lowest BCUT2D eigenvalue weighted by molar-refractivity contribution is -0.111. The smallest absolute Gasteiger partial charge is 0.188 e. The fourth-order valence-corrected chi connectivity index (χ4v) is 1.81. The predicted molar refractivity (Wildman–Crippen MR) is 48.7 cm³/mol. The van der Waals surface area contributed by atoms with Crippen LogP contribution in [-0.2, 0) is 4.79 Å². The van der Waals surface area contributed by atoms with Crippen LogP contribution in [0.3, 0.4) is 0 Å². The maximum atomic E-state index is 11.0. The average molecular weight is 173 g/mol. The molecule has 0 atom stereocenters. The van der Waals surface area contributed by atoms with Gasteiger partial charge in [-0.1, -0.05) is 11.8 Å². The summed E-state index contributed by atoms with van der Waals surface area (Å²) in [7, 11) is 0. The van der Waals surface area contributed by atoms with Crippen molar-refractivity contribution in [3.8, 4) is 0 Å². The number of hydrogen-bond acceptors (Lipinski definition) is 3. The van der Waals surface area contributed by atoms with E-state index < -0.39 is 0 Å². The Morgan fingerprint density at radius 3 is 2.73 bits per heavy atom. The summed E-state index contributed by atoms with van der Waals surface area (Å²) >= 11 is 1.36. The van der Waals surface area contributed by atoms with E-state index in [4.69, 9.17) is 0 Å². The van der Waals surface area contributed by atoms with Crippen LogP contribution in [0.4, 0.5) is 0 Å². The zero-order valence-corrected chi connectivity index (χ0v) is 7.75. The number of piperidine rings is 1. The molecule has 64 valence electrons. The van der Waals surface area contributed by atoms with Crippen molar-refractivity contribution in [1.82, 2.24) is 5.32 Å². The Kier molecular flexibility index (Phi) is 3.94. The number of thioether (sulfide) groups is 1. The van der Waals surface area contributed by atoms with Crippen LogP contribution in [0, 0.1) is 5.92 Å². The van der Waals surface area contributed by atoms with Crippen LogP contribution in [0.25, 0.3) is 0 Å². The molecule has 1 fully saturated rings. The molecule has 11 heavy (non-hydrogen) atoms. The molecule has 0 bridgehead atoms. The van der Waals surface area contributed by atoms with Crippen LogP contribution in [0.1, 0.15) is 19.3 Å². The minimum atomic E-state index is 0.344. The molecule has 0 aliphatic carbocycles. The molecule has 1 heterocycles. The second-order valence-electron chi connectivity index (χ2n) is 2.97. The first-order chi connectivity index (χ1) is 5.33. The summed E-state index contributed by atoms with van der Waals surface area (Å²) in [4.78, 5) is 11.0. The molecular weight excluding hydrogens is 158 g/mol. The van der Waals surface area contributed by atoms with Gasteiger partial charge >= 0.3 is 0 Å². The van der Waals surface area contributed by atoms with Gasteiger partial charge in [-0.05, 0) is 38.1 Å². The summed E-state index contributed by atoms with van der Waals surface area (Å²) in [6, 6.07) is 0. The highest BCUT2D eigenvalue weighted by molar-refractivity contribution is 8.13. The van der Waals surface area contributed by atoms with Crippen LogP contribution in [0.15, 0.2) is 0 Å². The largest absolute Gasteiger partial charge is 0.317 e. The van der Waals surface area contributed by atoms with E-state index in [-0.39, 0.29) is 0 Å². The average Bonchev–Trinajstić information content (AvgIpc) is 2.06. The first-order valence-electron chi connectivity index (χ1n) is 4.10. The van der Waals surface area contributed by atoms with Crippen molar-refractivity contribution in [2.75, 3.05) is 19.3 Å². The Bertz CT molecular complexity index is 132. The van der Waals surface area contributed by atoms with E-state index in [0.29, 0.717) is 11.0 Å². The highest BCUT2D eigenvalue weighted by Crippen LogP contribution is 2.18. The second kappa shape index (κ2) is 4.78. The van der Waals surface area contributed by atoms with Gasteiger partial charge in [0.25, 0.3) is 0 Å². The minimum Gasteiger partial charge on any atom is -0.317 e. The molecule has 1 N–H and O–H groups in total. The van der Waals surface area contributed by atoms with Crippen LogP contribution in [0.5, 0.6) is 0 Å². The van der Waals surface area contributed by atoms with Crippen LogP contribution >= 0.6 is 11.8 Å². The van der Waals surface area contributed by atoms with E-state index in [2.05, 4.69) is 5.32 Å². The third kappa shape index (κ3) is 3.25. The molecule has 0 saturated carbocycles. The molecule has 0 aromatic carbocycles. The molecule has 1 aliphatic rings. The van der Waals surface area contributed by atoms with E-state index in [9.17, 15) is 4.79 Å². The summed E-state index contributed by atoms with van der Waals surface area (Å²) in [6.07, 6.45) is 4.99. The summed E-state index contributed by atoms with van der Waals surface area (Å²) in [5.41, 5.74) is 0. The minimum absolute atomic E-state index is 0.344. The van der Waals surface area contributed by atoms with Gasteiger partial charge in [0, 0.05) is 6.42 Å². The monoisotopic (exact) mass is 173 g/mol. The van der Waals surface area contributed by atoms with Crippen LogP contribution in [-0.4, -0.2) is 24.5 Å². The maximum Gasteiger partial charge on any atom is 0.188 e. The zero-order valence-electron chi connectivity index (χ0n) is 6.93. The highest BCUT2D eigenvalue weighted by Gasteiger charge is 2.15. The van der Waals surface area contributed by atoms with Gasteiger partial charge in [0.2, 0.25) is 0 Å². The standard InChI is InChI=1S/C8H15NOS/c1-11-8(10)6-7-2-4-9-5-3-7/h7,9H,2-6H2,1H3. The third-order valence-corrected chi connectivity index (χ3v) is 2.76. The van der Waals surface area contributed by atoms with Gasteiger partial charge in [-0.15, -0.1) is 0 Å². The molecule has 2 nitrogen and oxygen atoms in total. The van der Waals surface area contributed by atoms with Gasteiger partial charge < -0.3 is 5.32 Å². The van der Waals surface area contributed by atoms with Crippen molar-refractivity contribution in [2.45, 2.75) is 19.3 Å². The van der Waals surface area contributed by atoms with Gasteiger partial charge in [-0.25, -0.2) is 0 Å². The fraction of sp³-hybridized carbons (Fsp3) is 0.875. The number of hydrogen-bond donors (Lipinski definition) is 1. The third-order valence-electron chi connectivity index (χ3n) is 2.14. The van der Waals surface area contributed by atoms with Crippen LogP contribution in [0.2, 0.25) is 0 Å². The van der Waals surface area contributed by atoms with Gasteiger partial charge in [-0.2, -0.15) is 0 Å². The molecule has 0 spiro atoms. The van der Waals surface area contributed by atoms with Crippen molar-refractivity contribution in [2.24, 2.45) is 5.92 Å². The maximum absolute atomic E-state index is 11.0. The summed E-state index contributed by atoms with van der Waals surface area (Å²) in [6.45, 7) is 2.18. The summed E-state index contributed by atoms with van der Waals surface area (Å²) in [5.74, 6) is 0.649. The normalized spacial score (nSPS) is 20.1. The Labute approximate surface area is 72.1 Å². The lowest BCUT2D eigenvalue weighted by atomic mass is 9.95. The van der Waals surface area contributed by atoms with Crippen molar-refractivity contribution >= 4 is 16.9 Å². The molecule has 0 radical (unpaired) electrons. The molecular formula is C8H15NOS. The Morgan fingerprint density at radius 1 is 1.55 bits per heavy atom. The van der Waals surface area contributed by atoms with Gasteiger partial charge in [0.1, 0.15) is 0 Å².